The van der Waals surface area contributed by atoms with Gasteiger partial charge in [-0.05, 0) is 82.9 Å². The van der Waals surface area contributed by atoms with Crippen LogP contribution in [0.5, 0.6) is 5.75 Å². The first kappa shape index (κ1) is 28.3. The molecule has 3 unspecified atom stereocenters. The summed E-state index contributed by atoms with van der Waals surface area (Å²) in [6.45, 7) is 4.13. The third-order valence-electron chi connectivity index (χ3n) is 10.1. The Balaban J connectivity index is 1.31. The predicted octanol–water partition coefficient (Wildman–Crippen LogP) is 7.88. The number of carbonyl (C=O) groups excluding carboxylic acids is 1. The second kappa shape index (κ2) is 13.9. The second-order valence-corrected chi connectivity index (χ2v) is 14.4. The van der Waals surface area contributed by atoms with Crippen LogP contribution in [0.25, 0.3) is 0 Å². The lowest BCUT2D eigenvalue weighted by Gasteiger charge is -2.51. The van der Waals surface area contributed by atoms with Gasteiger partial charge in [0.1, 0.15) is 5.75 Å². The van der Waals surface area contributed by atoms with E-state index in [0.717, 1.165) is 30.0 Å². The second-order valence-electron chi connectivity index (χ2n) is 12.9. The van der Waals surface area contributed by atoms with Crippen LogP contribution in [0.3, 0.4) is 0 Å². The molecule has 2 aliphatic carbocycles. The number of ether oxygens (including phenoxy) is 1. The Labute approximate surface area is 236 Å². The van der Waals surface area contributed by atoms with E-state index >= 15 is 0 Å². The highest BCUT2D eigenvalue weighted by molar-refractivity contribution is 8.00. The molecular formula is C33H52N2O2S. The molecule has 3 atom stereocenters. The van der Waals surface area contributed by atoms with Gasteiger partial charge in [-0.3, -0.25) is 10.1 Å². The molecule has 2 saturated heterocycles. The van der Waals surface area contributed by atoms with Crippen molar-refractivity contribution < 1.29 is 9.53 Å². The van der Waals surface area contributed by atoms with E-state index in [1.54, 1.807) is 0 Å². The van der Waals surface area contributed by atoms with Crippen molar-refractivity contribution in [3.63, 3.8) is 0 Å². The fourth-order valence-electron chi connectivity index (χ4n) is 7.94. The Bertz CT molecular complexity index is 858. The van der Waals surface area contributed by atoms with Crippen molar-refractivity contribution in [2.45, 2.75) is 133 Å². The molecule has 38 heavy (non-hydrogen) atoms. The highest BCUT2D eigenvalue weighted by Gasteiger charge is 2.46. The maximum Gasteiger partial charge on any atom is 0.261 e. The maximum atomic E-state index is 14.0. The first-order valence-corrected chi connectivity index (χ1v) is 17.0. The van der Waals surface area contributed by atoms with E-state index in [2.05, 4.69) is 41.0 Å². The topological polar surface area (TPSA) is 41.6 Å². The van der Waals surface area contributed by atoms with Gasteiger partial charge in [0.15, 0.2) is 6.61 Å². The van der Waals surface area contributed by atoms with Gasteiger partial charge in [-0.2, -0.15) is 11.8 Å². The maximum absolute atomic E-state index is 14.0. The van der Waals surface area contributed by atoms with E-state index < -0.39 is 0 Å². The zero-order chi connectivity index (χ0) is 26.2. The Hall–Kier alpha value is -1.20. The van der Waals surface area contributed by atoms with Crippen molar-refractivity contribution in [3.8, 4) is 5.75 Å². The van der Waals surface area contributed by atoms with E-state index in [0.29, 0.717) is 5.25 Å². The molecule has 5 rings (SSSR count). The highest BCUT2D eigenvalue weighted by atomic mass is 32.2. The first-order chi connectivity index (χ1) is 18.6. The van der Waals surface area contributed by atoms with E-state index in [9.17, 15) is 4.79 Å². The number of hydrogen-bond acceptors (Lipinski definition) is 4. The molecule has 1 aromatic rings. The Morgan fingerprint density at radius 3 is 2.29 bits per heavy atom. The zero-order valence-electron chi connectivity index (χ0n) is 23.9. The average Bonchev–Trinajstić information content (AvgIpc) is 3.21. The molecule has 0 radical (unpaired) electrons. The normalized spacial score (nSPS) is 28.8. The molecule has 4 fully saturated rings. The van der Waals surface area contributed by atoms with Crippen LogP contribution >= 0.6 is 11.8 Å². The largest absolute Gasteiger partial charge is 0.484 e. The first-order valence-electron chi connectivity index (χ1n) is 16.0. The van der Waals surface area contributed by atoms with Gasteiger partial charge in [0, 0.05) is 22.5 Å². The van der Waals surface area contributed by atoms with Crippen LogP contribution < -0.4 is 10.1 Å². The van der Waals surface area contributed by atoms with Gasteiger partial charge in [0.25, 0.3) is 5.91 Å². The molecule has 0 bridgehead atoms. The van der Waals surface area contributed by atoms with E-state index in [1.807, 2.05) is 12.1 Å². The van der Waals surface area contributed by atoms with Gasteiger partial charge < -0.3 is 9.64 Å². The van der Waals surface area contributed by atoms with Crippen LogP contribution in [0.2, 0.25) is 0 Å². The van der Waals surface area contributed by atoms with Gasteiger partial charge in [-0.15, -0.1) is 0 Å². The summed E-state index contributed by atoms with van der Waals surface area (Å²) in [5.41, 5.74) is 1.44. The van der Waals surface area contributed by atoms with Crippen molar-refractivity contribution in [2.75, 3.05) is 19.7 Å². The Kier molecular flexibility index (Phi) is 10.4. The lowest BCUT2D eigenvalue weighted by molar-refractivity contribution is -0.142. The van der Waals surface area contributed by atoms with Crippen molar-refractivity contribution in [3.05, 3.63) is 29.8 Å². The quantitative estimate of drug-likeness (QED) is 0.357. The molecule has 5 heteroatoms. The number of rotatable bonds is 7. The van der Waals surface area contributed by atoms with Crippen molar-refractivity contribution in [2.24, 2.45) is 11.3 Å². The molecular weight excluding hydrogens is 488 g/mol. The molecule has 4 nitrogen and oxygen atoms in total. The Morgan fingerprint density at radius 1 is 0.895 bits per heavy atom. The number of benzene rings is 1. The SMILES string of the molecule is Cc1ccc(OCC(=O)N(CC2CCC(C3CCCCCC3)S2)C2NCCCC23CCCCCCC3)cc1. The number of aryl methyl sites for hydroxylation is 1. The number of nitrogens with one attached hydrogen (secondary N) is 1. The lowest BCUT2D eigenvalue weighted by atomic mass is 9.68. The minimum Gasteiger partial charge on any atom is -0.484 e. The summed E-state index contributed by atoms with van der Waals surface area (Å²) < 4.78 is 6.08. The minimum atomic E-state index is 0.140. The number of amides is 1. The zero-order valence-corrected chi connectivity index (χ0v) is 24.7. The summed E-state index contributed by atoms with van der Waals surface area (Å²) in [7, 11) is 0. The van der Waals surface area contributed by atoms with Gasteiger partial charge in [0.05, 0.1) is 6.17 Å². The standard InChI is InChI=1S/C33H52N2O2S/c1-26-14-16-28(17-15-26)37-25-31(36)35(24-29-18-19-30(38-29)27-12-7-3-4-8-13-27)32-33(22-11-23-34-32)20-9-5-2-6-10-21-33/h14-17,27,29-30,32,34H,2-13,18-25H2,1H3. The van der Waals surface area contributed by atoms with E-state index in [-0.39, 0.29) is 24.1 Å². The summed E-state index contributed by atoms with van der Waals surface area (Å²) in [4.78, 5) is 16.3. The van der Waals surface area contributed by atoms with Crippen molar-refractivity contribution >= 4 is 17.7 Å². The smallest absolute Gasteiger partial charge is 0.261 e. The highest BCUT2D eigenvalue weighted by Crippen LogP contribution is 2.46. The molecule has 2 heterocycles. The average molecular weight is 541 g/mol. The summed E-state index contributed by atoms with van der Waals surface area (Å²) in [5.74, 6) is 1.86. The molecule has 4 aliphatic rings. The van der Waals surface area contributed by atoms with Crippen LogP contribution in [-0.2, 0) is 4.79 Å². The predicted molar refractivity (Wildman–Crippen MR) is 160 cm³/mol. The molecule has 212 valence electrons. The fourth-order valence-corrected chi connectivity index (χ4v) is 9.72. The van der Waals surface area contributed by atoms with Gasteiger partial charge >= 0.3 is 0 Å². The van der Waals surface area contributed by atoms with Crippen LogP contribution in [-0.4, -0.2) is 47.2 Å². The summed E-state index contributed by atoms with van der Waals surface area (Å²) in [5, 5.41) is 5.27. The van der Waals surface area contributed by atoms with Gasteiger partial charge in [-0.1, -0.05) is 75.5 Å². The Morgan fingerprint density at radius 2 is 1.55 bits per heavy atom. The molecule has 0 aromatic heterocycles. The monoisotopic (exact) mass is 540 g/mol. The number of hydrogen-bond donors (Lipinski definition) is 1. The van der Waals surface area contributed by atoms with Crippen LogP contribution in [0, 0.1) is 18.3 Å². The van der Waals surface area contributed by atoms with Crippen molar-refractivity contribution in [1.82, 2.24) is 10.2 Å². The van der Waals surface area contributed by atoms with Gasteiger partial charge in [0.2, 0.25) is 0 Å². The van der Waals surface area contributed by atoms with Crippen LogP contribution in [0.4, 0.5) is 0 Å². The fraction of sp³-hybridized carbons (Fsp3) is 0.788. The van der Waals surface area contributed by atoms with Crippen molar-refractivity contribution in [1.29, 1.82) is 0 Å². The van der Waals surface area contributed by atoms with Crippen LogP contribution in [0.1, 0.15) is 115 Å². The molecule has 1 aromatic carbocycles. The molecule has 2 aliphatic heterocycles. The summed E-state index contributed by atoms with van der Waals surface area (Å²) >= 11 is 2.23. The summed E-state index contributed by atoms with van der Waals surface area (Å²) in [6, 6.07) is 8.11. The lowest BCUT2D eigenvalue weighted by Crippen LogP contribution is -2.62. The van der Waals surface area contributed by atoms with E-state index in [4.69, 9.17) is 4.74 Å². The molecule has 1 spiro atoms. The number of thioether (sulfide) groups is 1. The number of carbonyl (C=O) groups is 1. The van der Waals surface area contributed by atoms with Gasteiger partial charge in [-0.25, -0.2) is 0 Å². The minimum absolute atomic E-state index is 0.140. The number of nitrogens with zero attached hydrogens (tertiary/aromatic N) is 1. The third kappa shape index (κ3) is 7.30. The number of piperidine rings is 1. The molecule has 1 N–H and O–H groups in total. The molecule has 2 saturated carbocycles. The third-order valence-corrected chi connectivity index (χ3v) is 11.8. The summed E-state index contributed by atoms with van der Waals surface area (Å²) in [6.07, 6.45) is 23.0. The molecule has 1 amide bonds. The van der Waals surface area contributed by atoms with Crippen LogP contribution in [0.15, 0.2) is 24.3 Å². The van der Waals surface area contributed by atoms with E-state index in [1.165, 1.54) is 115 Å².